The number of halogens is 2. The minimum absolute atomic E-state index is 0.0479. The number of nitrogens with zero attached hydrogens (tertiary/aromatic N) is 1. The number of carbonyl (C=O) groups excluding carboxylic acids is 1. The zero-order valence-corrected chi connectivity index (χ0v) is 18.7. The van der Waals surface area contributed by atoms with Gasteiger partial charge < -0.3 is 5.32 Å². The van der Waals surface area contributed by atoms with E-state index in [1.807, 2.05) is 0 Å². The molecule has 1 N–H and O–H groups in total. The lowest BCUT2D eigenvalue weighted by molar-refractivity contribution is 0.102. The zero-order valence-electron chi connectivity index (χ0n) is 17.9. The third-order valence-electron chi connectivity index (χ3n) is 5.10. The summed E-state index contributed by atoms with van der Waals surface area (Å²) in [6.07, 6.45) is 0. The first-order chi connectivity index (χ1) is 16.3. The number of rotatable bonds is 7. The monoisotopic (exact) mass is 478 g/mol. The van der Waals surface area contributed by atoms with Gasteiger partial charge in [0.1, 0.15) is 0 Å². The van der Waals surface area contributed by atoms with Gasteiger partial charge in [0.25, 0.3) is 15.9 Å². The van der Waals surface area contributed by atoms with Gasteiger partial charge in [0.05, 0.1) is 17.1 Å². The van der Waals surface area contributed by atoms with Crippen LogP contribution < -0.4 is 9.62 Å². The molecule has 0 aliphatic carbocycles. The molecule has 8 heteroatoms. The van der Waals surface area contributed by atoms with Gasteiger partial charge in [0.2, 0.25) is 0 Å². The van der Waals surface area contributed by atoms with Crippen molar-refractivity contribution in [2.24, 2.45) is 0 Å². The van der Waals surface area contributed by atoms with Crippen LogP contribution in [-0.4, -0.2) is 14.3 Å². The molecule has 0 fully saturated rings. The van der Waals surface area contributed by atoms with E-state index in [0.29, 0.717) is 11.3 Å². The van der Waals surface area contributed by atoms with E-state index in [-0.39, 0.29) is 22.7 Å². The van der Waals surface area contributed by atoms with E-state index >= 15 is 0 Å². The summed E-state index contributed by atoms with van der Waals surface area (Å²) >= 11 is 0. The van der Waals surface area contributed by atoms with Crippen molar-refractivity contribution >= 4 is 27.3 Å². The van der Waals surface area contributed by atoms with Crippen molar-refractivity contribution in [2.75, 3.05) is 9.62 Å². The number of anilines is 2. The third kappa shape index (κ3) is 5.13. The second kappa shape index (κ2) is 9.84. The summed E-state index contributed by atoms with van der Waals surface area (Å²) in [5.74, 6) is -2.57. The highest BCUT2D eigenvalue weighted by atomic mass is 32.2. The molecule has 0 aromatic heterocycles. The standard InChI is InChI=1S/C26H20F2N2O3S/c27-24-16-15-21(17-25(24)28)29-26(31)20-13-11-19(12-14-20)18-30(22-7-3-1-4-8-22)34(32,33)23-9-5-2-6-10-23/h1-17H,18H2,(H,29,31). The molecule has 5 nitrogen and oxygen atoms in total. The van der Waals surface area contributed by atoms with Crippen LogP contribution in [0.15, 0.2) is 108 Å². The smallest absolute Gasteiger partial charge is 0.264 e. The van der Waals surface area contributed by atoms with E-state index in [4.69, 9.17) is 0 Å². The predicted octanol–water partition coefficient (Wildman–Crippen LogP) is 5.61. The Labute approximate surface area is 196 Å². The van der Waals surface area contributed by atoms with Gasteiger partial charge >= 0.3 is 0 Å². The number of hydrogen-bond acceptors (Lipinski definition) is 3. The Hall–Kier alpha value is -4.04. The largest absolute Gasteiger partial charge is 0.322 e. The Bertz CT molecular complexity index is 1400. The van der Waals surface area contributed by atoms with Crippen molar-refractivity contribution in [3.8, 4) is 0 Å². The molecule has 0 unspecified atom stereocenters. The van der Waals surface area contributed by atoms with Crippen LogP contribution >= 0.6 is 0 Å². The molecule has 0 bridgehead atoms. The van der Waals surface area contributed by atoms with E-state index in [1.54, 1.807) is 72.8 Å². The summed E-state index contributed by atoms with van der Waals surface area (Å²) in [6.45, 7) is 0.0479. The number of benzene rings is 4. The Morgan fingerprint density at radius 3 is 2.00 bits per heavy atom. The Morgan fingerprint density at radius 1 is 0.765 bits per heavy atom. The summed E-state index contributed by atoms with van der Waals surface area (Å²) in [4.78, 5) is 12.6. The maximum absolute atomic E-state index is 13.4. The quantitative estimate of drug-likeness (QED) is 0.375. The lowest BCUT2D eigenvalue weighted by Crippen LogP contribution is -2.30. The zero-order chi connectivity index (χ0) is 24.1. The van der Waals surface area contributed by atoms with E-state index < -0.39 is 27.6 Å². The molecule has 4 aromatic carbocycles. The topological polar surface area (TPSA) is 66.5 Å². The lowest BCUT2D eigenvalue weighted by atomic mass is 10.1. The number of amides is 1. The molecular weight excluding hydrogens is 458 g/mol. The minimum atomic E-state index is -3.84. The highest BCUT2D eigenvalue weighted by molar-refractivity contribution is 7.92. The first kappa shape index (κ1) is 23.1. The molecule has 1 amide bonds. The molecule has 34 heavy (non-hydrogen) atoms. The molecule has 172 valence electrons. The fraction of sp³-hybridized carbons (Fsp3) is 0.0385. The molecule has 0 radical (unpaired) electrons. The first-order valence-corrected chi connectivity index (χ1v) is 11.8. The molecule has 0 saturated carbocycles. The SMILES string of the molecule is O=C(Nc1ccc(F)c(F)c1)c1ccc(CN(c2ccccc2)S(=O)(=O)c2ccccc2)cc1. The molecule has 0 atom stereocenters. The second-order valence-corrected chi connectivity index (χ2v) is 9.30. The number of carbonyl (C=O) groups is 1. The molecule has 4 aromatic rings. The molecule has 4 rings (SSSR count). The van der Waals surface area contributed by atoms with Gasteiger partial charge in [-0.15, -0.1) is 0 Å². The number of hydrogen-bond donors (Lipinski definition) is 1. The van der Waals surface area contributed by atoms with Crippen molar-refractivity contribution in [1.29, 1.82) is 0 Å². The van der Waals surface area contributed by atoms with Crippen LogP contribution in [-0.2, 0) is 16.6 Å². The van der Waals surface area contributed by atoms with Crippen molar-refractivity contribution in [3.05, 3.63) is 126 Å². The van der Waals surface area contributed by atoms with Gasteiger partial charge in [0, 0.05) is 17.3 Å². The average molecular weight is 479 g/mol. The third-order valence-corrected chi connectivity index (χ3v) is 6.88. The summed E-state index contributed by atoms with van der Waals surface area (Å²) in [5.41, 5.74) is 1.57. The van der Waals surface area contributed by atoms with Crippen molar-refractivity contribution < 1.29 is 22.0 Å². The van der Waals surface area contributed by atoms with Gasteiger partial charge in [-0.1, -0.05) is 48.5 Å². The fourth-order valence-corrected chi connectivity index (χ4v) is 4.81. The Balaban J connectivity index is 1.57. The summed E-state index contributed by atoms with van der Waals surface area (Å²) in [7, 11) is -3.84. The maximum atomic E-state index is 13.4. The molecule has 0 spiro atoms. The molecule has 0 heterocycles. The summed E-state index contributed by atoms with van der Waals surface area (Å²) in [5, 5.41) is 2.51. The van der Waals surface area contributed by atoms with Crippen LogP contribution in [0.1, 0.15) is 15.9 Å². The van der Waals surface area contributed by atoms with Crippen LogP contribution in [0.2, 0.25) is 0 Å². The van der Waals surface area contributed by atoms with Crippen LogP contribution in [0.5, 0.6) is 0 Å². The van der Waals surface area contributed by atoms with Gasteiger partial charge in [-0.3, -0.25) is 9.10 Å². The summed E-state index contributed by atoms with van der Waals surface area (Å²) < 4.78 is 54.5. The summed E-state index contributed by atoms with van der Waals surface area (Å²) in [6, 6.07) is 26.4. The van der Waals surface area contributed by atoms with Crippen molar-refractivity contribution in [1.82, 2.24) is 0 Å². The van der Waals surface area contributed by atoms with Gasteiger partial charge in [0.15, 0.2) is 11.6 Å². The Kier molecular flexibility index (Phi) is 6.70. The molecular formula is C26H20F2N2O3S. The highest BCUT2D eigenvalue weighted by Crippen LogP contribution is 2.26. The van der Waals surface area contributed by atoms with Crippen molar-refractivity contribution in [2.45, 2.75) is 11.4 Å². The van der Waals surface area contributed by atoms with E-state index in [9.17, 15) is 22.0 Å². The number of para-hydroxylation sites is 1. The maximum Gasteiger partial charge on any atom is 0.264 e. The van der Waals surface area contributed by atoms with Gasteiger partial charge in [-0.25, -0.2) is 17.2 Å². The molecule has 0 aliphatic heterocycles. The van der Waals surface area contributed by atoms with Crippen LogP contribution in [0.3, 0.4) is 0 Å². The van der Waals surface area contributed by atoms with E-state index in [0.717, 1.165) is 12.1 Å². The van der Waals surface area contributed by atoms with E-state index in [1.165, 1.54) is 22.5 Å². The lowest BCUT2D eigenvalue weighted by Gasteiger charge is -2.25. The first-order valence-electron chi connectivity index (χ1n) is 10.3. The molecule has 0 saturated heterocycles. The average Bonchev–Trinajstić information content (AvgIpc) is 2.86. The normalized spacial score (nSPS) is 11.1. The van der Waals surface area contributed by atoms with Crippen LogP contribution in [0, 0.1) is 11.6 Å². The molecule has 0 aliphatic rings. The fourth-order valence-electron chi connectivity index (χ4n) is 3.33. The van der Waals surface area contributed by atoms with Gasteiger partial charge in [-0.05, 0) is 54.1 Å². The van der Waals surface area contributed by atoms with Gasteiger partial charge in [-0.2, -0.15) is 0 Å². The van der Waals surface area contributed by atoms with Crippen molar-refractivity contribution in [3.63, 3.8) is 0 Å². The predicted molar refractivity (Wildman–Crippen MR) is 127 cm³/mol. The Morgan fingerprint density at radius 2 is 1.38 bits per heavy atom. The van der Waals surface area contributed by atoms with E-state index in [2.05, 4.69) is 5.32 Å². The van der Waals surface area contributed by atoms with Crippen LogP contribution in [0.25, 0.3) is 0 Å². The minimum Gasteiger partial charge on any atom is -0.322 e. The highest BCUT2D eigenvalue weighted by Gasteiger charge is 2.25. The second-order valence-electron chi connectivity index (χ2n) is 7.44. The number of nitrogens with one attached hydrogen (secondary N) is 1. The van der Waals surface area contributed by atoms with Crippen LogP contribution in [0.4, 0.5) is 20.2 Å². The number of sulfonamides is 1.